The zero-order chi connectivity index (χ0) is 20.0. The summed E-state index contributed by atoms with van der Waals surface area (Å²) in [5, 5.41) is 7.46. The fourth-order valence-electron chi connectivity index (χ4n) is 3.27. The number of H-pyrrole nitrogens is 1. The van der Waals surface area contributed by atoms with E-state index in [2.05, 4.69) is 25.1 Å². The van der Waals surface area contributed by atoms with Gasteiger partial charge < -0.3 is 4.57 Å². The maximum atomic E-state index is 13.0. The third-order valence-electron chi connectivity index (χ3n) is 4.69. The third kappa shape index (κ3) is 2.89. The summed E-state index contributed by atoms with van der Waals surface area (Å²) in [6, 6.07) is 8.81. The third-order valence-corrected chi connectivity index (χ3v) is 4.69. The molecule has 0 aromatic carbocycles. The van der Waals surface area contributed by atoms with E-state index in [1.54, 1.807) is 54.5 Å². The second-order valence-electron chi connectivity index (χ2n) is 6.68. The molecule has 0 radical (unpaired) electrons. The molecule has 0 aliphatic carbocycles. The number of pyridine rings is 4. The Morgan fingerprint density at radius 3 is 2.52 bits per heavy atom. The molecule has 9 nitrogen and oxygen atoms in total. The van der Waals surface area contributed by atoms with Crippen molar-refractivity contribution < 1.29 is 0 Å². The molecule has 0 fully saturated rings. The van der Waals surface area contributed by atoms with Gasteiger partial charge in [0.1, 0.15) is 5.82 Å². The predicted molar refractivity (Wildman–Crippen MR) is 107 cm³/mol. The number of fused-ring (bicyclic) bond motifs is 2. The van der Waals surface area contributed by atoms with Gasteiger partial charge in [-0.3, -0.25) is 19.7 Å². The number of hydrogen-bond donors (Lipinski definition) is 1. The summed E-state index contributed by atoms with van der Waals surface area (Å²) in [6.45, 7) is 2.14. The van der Waals surface area contributed by atoms with Crippen molar-refractivity contribution in [2.24, 2.45) is 0 Å². The molecule has 0 atom stereocenters. The molecule has 5 heterocycles. The van der Waals surface area contributed by atoms with Crippen LogP contribution < -0.4 is 11.1 Å². The monoisotopic (exact) mass is 385 g/mol. The molecule has 0 amide bonds. The Morgan fingerprint density at radius 1 is 1.00 bits per heavy atom. The highest BCUT2D eigenvalue weighted by Gasteiger charge is 2.12. The largest absolute Gasteiger partial charge is 0.310 e. The van der Waals surface area contributed by atoms with Crippen molar-refractivity contribution in [2.75, 3.05) is 0 Å². The molecule has 5 aromatic rings. The molecule has 0 spiro atoms. The molecule has 0 saturated carbocycles. The molecular weight excluding hydrogens is 370 g/mol. The van der Waals surface area contributed by atoms with Crippen LogP contribution in [0.15, 0.2) is 64.7 Å². The molecule has 29 heavy (non-hydrogen) atoms. The predicted octanol–water partition coefficient (Wildman–Crippen LogP) is 1.57. The molecule has 0 aliphatic rings. The van der Waals surface area contributed by atoms with Crippen molar-refractivity contribution in [1.29, 1.82) is 0 Å². The van der Waals surface area contributed by atoms with Gasteiger partial charge in [0, 0.05) is 24.8 Å². The maximum absolute atomic E-state index is 13.0. The zero-order valence-corrected chi connectivity index (χ0v) is 15.4. The quantitative estimate of drug-likeness (QED) is 0.472. The molecule has 0 saturated heterocycles. The summed E-state index contributed by atoms with van der Waals surface area (Å²) >= 11 is 0. The highest BCUT2D eigenvalue weighted by atomic mass is 16.1. The Morgan fingerprint density at radius 2 is 1.79 bits per heavy atom. The van der Waals surface area contributed by atoms with Crippen LogP contribution >= 0.6 is 0 Å². The number of nitrogens with one attached hydrogen (secondary N) is 1. The van der Waals surface area contributed by atoms with Gasteiger partial charge in [0.2, 0.25) is 0 Å². The lowest BCUT2D eigenvalue weighted by atomic mass is 10.2. The average Bonchev–Trinajstić information content (AvgIpc) is 3.16. The molecule has 1 N–H and O–H groups in total. The van der Waals surface area contributed by atoms with Gasteiger partial charge in [-0.2, -0.15) is 4.98 Å². The number of nitrogens with zero attached hydrogens (tertiary/aromatic N) is 6. The summed E-state index contributed by atoms with van der Waals surface area (Å²) in [7, 11) is 0. The van der Waals surface area contributed by atoms with Crippen LogP contribution in [-0.4, -0.2) is 34.3 Å². The SMILES string of the molecule is Cc1nc(-n2ccc3nc4ccn(Cc5cccnc5)c(=O)c4cc3c2=O)n[nH]1. The minimum atomic E-state index is -0.335. The first-order valence-electron chi connectivity index (χ1n) is 8.94. The molecular formula is C20H15N7O2. The Kier molecular flexibility index (Phi) is 3.80. The van der Waals surface area contributed by atoms with E-state index < -0.39 is 0 Å². The smallest absolute Gasteiger partial charge is 0.267 e. The normalized spacial score (nSPS) is 11.3. The van der Waals surface area contributed by atoms with Crippen molar-refractivity contribution in [3.05, 3.63) is 87.2 Å². The number of rotatable bonds is 3. The van der Waals surface area contributed by atoms with E-state index in [0.29, 0.717) is 34.2 Å². The van der Waals surface area contributed by atoms with E-state index in [4.69, 9.17) is 0 Å². The molecule has 5 aromatic heterocycles. The Balaban J connectivity index is 1.70. The summed E-state index contributed by atoms with van der Waals surface area (Å²) in [5.74, 6) is 0.846. The second kappa shape index (κ2) is 6.48. The molecule has 0 aliphatic heterocycles. The Hall–Kier alpha value is -4.14. The van der Waals surface area contributed by atoms with Crippen molar-refractivity contribution in [3.8, 4) is 5.95 Å². The summed E-state index contributed by atoms with van der Waals surface area (Å²) < 4.78 is 2.91. The fraction of sp³-hybridized carbons (Fsp3) is 0.100. The molecule has 0 bridgehead atoms. The van der Waals surface area contributed by atoms with Crippen LogP contribution in [0, 0.1) is 6.92 Å². The Labute approximate surface area is 163 Å². The fourth-order valence-corrected chi connectivity index (χ4v) is 3.27. The minimum Gasteiger partial charge on any atom is -0.310 e. The highest BCUT2D eigenvalue weighted by molar-refractivity contribution is 5.91. The first-order valence-corrected chi connectivity index (χ1v) is 8.94. The zero-order valence-electron chi connectivity index (χ0n) is 15.4. The van der Waals surface area contributed by atoms with Crippen LogP contribution in [0.1, 0.15) is 11.4 Å². The number of hydrogen-bond acceptors (Lipinski definition) is 6. The lowest BCUT2D eigenvalue weighted by Crippen LogP contribution is -2.22. The van der Waals surface area contributed by atoms with E-state index in [1.165, 1.54) is 4.57 Å². The second-order valence-corrected chi connectivity index (χ2v) is 6.68. The summed E-state index contributed by atoms with van der Waals surface area (Å²) in [6.07, 6.45) is 6.68. The van der Waals surface area contributed by atoms with Gasteiger partial charge in [0.15, 0.2) is 0 Å². The van der Waals surface area contributed by atoms with Crippen molar-refractivity contribution in [2.45, 2.75) is 13.5 Å². The summed E-state index contributed by atoms with van der Waals surface area (Å²) in [4.78, 5) is 38.8. The van der Waals surface area contributed by atoms with Gasteiger partial charge in [-0.15, -0.1) is 5.10 Å². The van der Waals surface area contributed by atoms with Crippen LogP contribution in [0.3, 0.4) is 0 Å². The number of aromatic amines is 1. The topological polar surface area (TPSA) is 111 Å². The summed E-state index contributed by atoms with van der Waals surface area (Å²) in [5.41, 5.74) is 1.40. The van der Waals surface area contributed by atoms with E-state index in [1.807, 2.05) is 12.1 Å². The van der Waals surface area contributed by atoms with E-state index in [9.17, 15) is 9.59 Å². The number of aryl methyl sites for hydroxylation is 1. The van der Waals surface area contributed by atoms with Gasteiger partial charge in [0.05, 0.1) is 28.4 Å². The molecule has 9 heteroatoms. The van der Waals surface area contributed by atoms with E-state index >= 15 is 0 Å². The first-order chi connectivity index (χ1) is 14.1. The first kappa shape index (κ1) is 17.0. The lowest BCUT2D eigenvalue weighted by molar-refractivity contribution is 0.764. The van der Waals surface area contributed by atoms with Crippen molar-refractivity contribution >= 4 is 21.8 Å². The Bertz CT molecular complexity index is 1480. The van der Waals surface area contributed by atoms with E-state index in [-0.39, 0.29) is 17.1 Å². The lowest BCUT2D eigenvalue weighted by Gasteiger charge is -2.08. The molecule has 0 unspecified atom stereocenters. The highest BCUT2D eigenvalue weighted by Crippen LogP contribution is 2.15. The molecule has 5 rings (SSSR count). The van der Waals surface area contributed by atoms with Crippen LogP contribution in [0.4, 0.5) is 0 Å². The van der Waals surface area contributed by atoms with Crippen molar-refractivity contribution in [1.82, 2.24) is 34.3 Å². The van der Waals surface area contributed by atoms with Crippen LogP contribution in [0.25, 0.3) is 27.8 Å². The van der Waals surface area contributed by atoms with Crippen LogP contribution in [0.2, 0.25) is 0 Å². The maximum Gasteiger partial charge on any atom is 0.267 e. The average molecular weight is 385 g/mol. The minimum absolute atomic E-state index is 0.218. The van der Waals surface area contributed by atoms with Crippen LogP contribution in [-0.2, 0) is 6.54 Å². The number of aromatic nitrogens is 7. The van der Waals surface area contributed by atoms with Crippen LogP contribution in [0.5, 0.6) is 0 Å². The van der Waals surface area contributed by atoms with Gasteiger partial charge in [-0.25, -0.2) is 9.55 Å². The van der Waals surface area contributed by atoms with Gasteiger partial charge in [-0.1, -0.05) is 6.07 Å². The van der Waals surface area contributed by atoms with Gasteiger partial charge >= 0.3 is 0 Å². The van der Waals surface area contributed by atoms with E-state index in [0.717, 1.165) is 5.56 Å². The van der Waals surface area contributed by atoms with Gasteiger partial charge in [-0.05, 0) is 36.8 Å². The van der Waals surface area contributed by atoms with Crippen molar-refractivity contribution in [3.63, 3.8) is 0 Å². The van der Waals surface area contributed by atoms with Gasteiger partial charge in [0.25, 0.3) is 17.1 Å². The molecule has 142 valence electrons. The standard InChI is InChI=1S/C20H15N7O2/c1-12-22-20(25-24-12)27-8-5-17-15(19(27)29)9-14-16(23-17)4-7-26(18(14)28)11-13-3-2-6-21-10-13/h2-10H,11H2,1H3,(H,22,24,25).